The second-order valence-corrected chi connectivity index (χ2v) is 9.61. The van der Waals surface area contributed by atoms with Gasteiger partial charge in [-0.25, -0.2) is 14.2 Å². The fourth-order valence-corrected chi connectivity index (χ4v) is 5.20. The first-order chi connectivity index (χ1) is 17.4. The van der Waals surface area contributed by atoms with Crippen LogP contribution in [0.4, 0.5) is 4.39 Å². The second kappa shape index (κ2) is 9.87. The van der Waals surface area contributed by atoms with E-state index in [9.17, 15) is 14.0 Å². The largest absolute Gasteiger partial charge is 0.457 e. The molecular weight excluding hydrogens is 475 g/mol. The summed E-state index contributed by atoms with van der Waals surface area (Å²) in [6.45, 7) is 3.82. The zero-order chi connectivity index (χ0) is 25.2. The molecule has 5 rings (SSSR count). The molecule has 1 aliphatic heterocycles. The number of rotatable bonds is 5. The Labute approximate surface area is 211 Å². The number of hydrogen-bond donors (Lipinski definition) is 0. The highest BCUT2D eigenvalue weighted by Crippen LogP contribution is 2.31. The lowest BCUT2D eigenvalue weighted by atomic mass is 9.96. The Hall–Kier alpha value is -4.10. The van der Waals surface area contributed by atoms with E-state index in [0.29, 0.717) is 20.6 Å². The van der Waals surface area contributed by atoms with Gasteiger partial charge in [0.2, 0.25) is 0 Å². The van der Waals surface area contributed by atoms with Crippen LogP contribution in [0.15, 0.2) is 99.9 Å². The van der Waals surface area contributed by atoms with Crippen LogP contribution in [0.5, 0.6) is 0 Å². The molecule has 4 aromatic rings. The topological polar surface area (TPSA) is 60.7 Å². The number of halogens is 1. The van der Waals surface area contributed by atoms with Crippen molar-refractivity contribution in [3.05, 3.63) is 138 Å². The van der Waals surface area contributed by atoms with Gasteiger partial charge in [-0.05, 0) is 48.7 Å². The molecule has 0 unspecified atom stereocenters. The fraction of sp³-hybridized carbons (Fsp3) is 0.138. The number of hydrogen-bond acceptors (Lipinski definition) is 5. The van der Waals surface area contributed by atoms with E-state index in [1.54, 1.807) is 19.1 Å². The Kier molecular flexibility index (Phi) is 6.48. The molecule has 0 radical (unpaired) electrons. The van der Waals surface area contributed by atoms with Crippen molar-refractivity contribution in [3.8, 4) is 0 Å². The van der Waals surface area contributed by atoms with E-state index in [0.717, 1.165) is 16.7 Å². The molecule has 2 heterocycles. The molecule has 0 fully saturated rings. The van der Waals surface area contributed by atoms with E-state index in [4.69, 9.17) is 4.74 Å². The number of allylic oxidation sites excluding steroid dienone is 1. The third-order valence-corrected chi connectivity index (χ3v) is 7.00. The first-order valence-corrected chi connectivity index (χ1v) is 12.3. The van der Waals surface area contributed by atoms with E-state index in [1.165, 1.54) is 28.0 Å². The van der Waals surface area contributed by atoms with Gasteiger partial charge >= 0.3 is 5.97 Å². The molecule has 1 atom stereocenters. The number of thiazole rings is 1. The van der Waals surface area contributed by atoms with Gasteiger partial charge in [0.05, 0.1) is 21.8 Å². The van der Waals surface area contributed by atoms with Crippen molar-refractivity contribution in [2.24, 2.45) is 4.99 Å². The summed E-state index contributed by atoms with van der Waals surface area (Å²) in [5, 5.41) is 0. The van der Waals surface area contributed by atoms with Crippen molar-refractivity contribution in [2.75, 3.05) is 0 Å². The maximum atomic E-state index is 13.8. The van der Waals surface area contributed by atoms with Crippen molar-refractivity contribution in [1.82, 2.24) is 4.57 Å². The number of aryl methyl sites for hydroxylation is 1. The standard InChI is InChI=1S/C29H23FN2O3S/c1-18-8-10-20(11-9-18)16-24-27(33)32-26(22-12-14-23(30)15-13-22)25(19(2)31-29(32)36-24)28(34)35-17-21-6-4-3-5-7-21/h3-16,26H,17H2,1-2H3/b24-16+/t26-/m1/s1. The summed E-state index contributed by atoms with van der Waals surface area (Å²) in [6, 6.07) is 22.2. The summed E-state index contributed by atoms with van der Waals surface area (Å²) in [5.41, 5.74) is 3.91. The molecule has 7 heteroatoms. The third-order valence-electron chi connectivity index (χ3n) is 6.02. The third kappa shape index (κ3) is 4.70. The predicted molar refractivity (Wildman–Crippen MR) is 138 cm³/mol. The quantitative estimate of drug-likeness (QED) is 0.383. The van der Waals surface area contributed by atoms with Gasteiger partial charge in [-0.2, -0.15) is 0 Å². The van der Waals surface area contributed by atoms with Gasteiger partial charge in [-0.1, -0.05) is 83.6 Å². The summed E-state index contributed by atoms with van der Waals surface area (Å²) in [5.74, 6) is -0.971. The molecule has 0 aliphatic carbocycles. The molecule has 36 heavy (non-hydrogen) atoms. The highest BCUT2D eigenvalue weighted by Gasteiger charge is 2.33. The molecule has 0 spiro atoms. The van der Waals surface area contributed by atoms with Crippen LogP contribution in [-0.4, -0.2) is 10.5 Å². The van der Waals surface area contributed by atoms with Crippen LogP contribution in [0.3, 0.4) is 0 Å². The highest BCUT2D eigenvalue weighted by molar-refractivity contribution is 7.07. The number of benzene rings is 3. The molecule has 180 valence electrons. The Bertz CT molecular complexity index is 1630. The fourth-order valence-electron chi connectivity index (χ4n) is 4.16. The smallest absolute Gasteiger partial charge is 0.338 e. The van der Waals surface area contributed by atoms with Crippen LogP contribution in [0.2, 0.25) is 0 Å². The minimum absolute atomic E-state index is 0.0877. The average molecular weight is 499 g/mol. The molecule has 3 aromatic carbocycles. The van der Waals surface area contributed by atoms with Crippen molar-refractivity contribution in [1.29, 1.82) is 0 Å². The number of nitrogens with zero attached hydrogens (tertiary/aromatic N) is 2. The van der Waals surface area contributed by atoms with Crippen LogP contribution in [0.25, 0.3) is 6.08 Å². The van der Waals surface area contributed by atoms with Gasteiger partial charge in [-0.3, -0.25) is 9.36 Å². The molecule has 0 bridgehead atoms. The lowest BCUT2D eigenvalue weighted by Crippen LogP contribution is -2.39. The van der Waals surface area contributed by atoms with E-state index in [-0.39, 0.29) is 17.7 Å². The van der Waals surface area contributed by atoms with Crippen molar-refractivity contribution in [2.45, 2.75) is 26.5 Å². The summed E-state index contributed by atoms with van der Waals surface area (Å²) < 4.78 is 21.4. The Morgan fingerprint density at radius 3 is 2.42 bits per heavy atom. The normalized spacial score (nSPS) is 15.4. The summed E-state index contributed by atoms with van der Waals surface area (Å²) >= 11 is 1.26. The second-order valence-electron chi connectivity index (χ2n) is 8.61. The number of ether oxygens (including phenoxy) is 1. The van der Waals surface area contributed by atoms with E-state index >= 15 is 0 Å². The zero-order valence-corrected chi connectivity index (χ0v) is 20.6. The predicted octanol–water partition coefficient (Wildman–Crippen LogP) is 4.43. The van der Waals surface area contributed by atoms with Gasteiger partial charge in [0.1, 0.15) is 12.4 Å². The van der Waals surface area contributed by atoms with Crippen molar-refractivity contribution < 1.29 is 13.9 Å². The average Bonchev–Trinajstić information content (AvgIpc) is 3.18. The maximum Gasteiger partial charge on any atom is 0.338 e. The summed E-state index contributed by atoms with van der Waals surface area (Å²) in [7, 11) is 0. The van der Waals surface area contributed by atoms with Gasteiger partial charge in [0.25, 0.3) is 5.56 Å². The van der Waals surface area contributed by atoms with Crippen molar-refractivity contribution in [3.63, 3.8) is 0 Å². The monoisotopic (exact) mass is 498 g/mol. The van der Waals surface area contributed by atoms with Gasteiger partial charge < -0.3 is 4.74 Å². The summed E-state index contributed by atoms with van der Waals surface area (Å²) in [4.78, 5) is 32.0. The first-order valence-electron chi connectivity index (χ1n) is 11.5. The highest BCUT2D eigenvalue weighted by atomic mass is 32.1. The molecule has 5 nitrogen and oxygen atoms in total. The van der Waals surface area contributed by atoms with Crippen LogP contribution in [0.1, 0.15) is 35.2 Å². The van der Waals surface area contributed by atoms with Gasteiger partial charge in [0.15, 0.2) is 4.80 Å². The zero-order valence-electron chi connectivity index (χ0n) is 19.8. The molecule has 1 aliphatic rings. The Balaban J connectivity index is 1.61. The molecule has 1 aromatic heterocycles. The number of carbonyl (C=O) groups excluding carboxylic acids is 1. The number of esters is 1. The van der Waals surface area contributed by atoms with E-state index < -0.39 is 17.8 Å². The Morgan fingerprint density at radius 2 is 1.72 bits per heavy atom. The minimum Gasteiger partial charge on any atom is -0.457 e. The first kappa shape index (κ1) is 23.6. The lowest BCUT2D eigenvalue weighted by molar-refractivity contribution is -0.140. The lowest BCUT2D eigenvalue weighted by Gasteiger charge is -2.24. The van der Waals surface area contributed by atoms with Crippen LogP contribution in [0, 0.1) is 12.7 Å². The molecular formula is C29H23FN2O3S. The summed E-state index contributed by atoms with van der Waals surface area (Å²) in [6.07, 6.45) is 1.82. The molecule has 0 saturated heterocycles. The molecule has 0 saturated carbocycles. The number of aromatic nitrogens is 1. The van der Waals surface area contributed by atoms with Crippen LogP contribution in [-0.2, 0) is 16.1 Å². The van der Waals surface area contributed by atoms with E-state index in [2.05, 4.69) is 4.99 Å². The number of carbonyl (C=O) groups is 1. The van der Waals surface area contributed by atoms with Crippen LogP contribution >= 0.6 is 11.3 Å². The van der Waals surface area contributed by atoms with Crippen LogP contribution < -0.4 is 14.9 Å². The van der Waals surface area contributed by atoms with Crippen molar-refractivity contribution >= 4 is 23.4 Å². The van der Waals surface area contributed by atoms with Gasteiger partial charge in [-0.15, -0.1) is 0 Å². The maximum absolute atomic E-state index is 13.8. The van der Waals surface area contributed by atoms with E-state index in [1.807, 2.05) is 67.6 Å². The molecule has 0 amide bonds. The SMILES string of the molecule is CC1=C(C(=O)OCc2ccccc2)[C@@H](c2ccc(F)cc2)n2c(s/c(=C/c3ccc(C)cc3)c2=O)=N1. The number of fused-ring (bicyclic) bond motifs is 1. The molecule has 0 N–H and O–H groups in total. The Morgan fingerprint density at radius 1 is 1.03 bits per heavy atom. The minimum atomic E-state index is -0.787. The van der Waals surface area contributed by atoms with Gasteiger partial charge in [0, 0.05) is 0 Å².